The fraction of sp³-hybridized carbons (Fsp3) is 0. The van der Waals surface area contributed by atoms with Crippen molar-refractivity contribution in [1.29, 1.82) is 0 Å². The number of amides is 2. The molecule has 2 amide bonds. The molecule has 0 radical (unpaired) electrons. The lowest BCUT2D eigenvalue weighted by Gasteiger charge is -1.82. The zero-order chi connectivity index (χ0) is 8.15. The largest absolute Gasteiger partial charge is 0.413 e. The Labute approximate surface area is 55.7 Å². The first-order chi connectivity index (χ1) is 4.52. The lowest BCUT2D eigenvalue weighted by Crippen LogP contribution is -2.25. The molecule has 0 spiro atoms. The minimum absolute atomic E-state index is 0.998. The van der Waals surface area contributed by atoms with E-state index >= 15 is 0 Å². The van der Waals surface area contributed by atoms with E-state index in [1.807, 2.05) is 0 Å². The fourth-order valence-electron chi connectivity index (χ4n) is 0.166. The maximum Gasteiger partial charge on any atom is 0.413 e. The summed E-state index contributed by atoms with van der Waals surface area (Å²) in [6.45, 7) is 0. The molecule has 8 nitrogen and oxygen atoms in total. The van der Waals surface area contributed by atoms with E-state index in [4.69, 9.17) is 0 Å². The van der Waals surface area contributed by atoms with Crippen LogP contribution in [0.1, 0.15) is 0 Å². The van der Waals surface area contributed by atoms with Crippen LogP contribution in [0.2, 0.25) is 0 Å². The topological polar surface area (TPSA) is 119 Å². The second-order valence-corrected chi connectivity index (χ2v) is 1.60. The van der Waals surface area contributed by atoms with Gasteiger partial charge in [0.15, 0.2) is 5.03 Å². The quantitative estimate of drug-likeness (QED) is 0.394. The number of nitrogens with zero attached hydrogens (tertiary/aromatic N) is 2. The third-order valence-electron chi connectivity index (χ3n) is 0.344. The average molecular weight is 167 g/mol. The van der Waals surface area contributed by atoms with Gasteiger partial charge in [0.25, 0.3) is 0 Å². The number of hydrogen-bond acceptors (Lipinski definition) is 5. The lowest BCUT2D eigenvalue weighted by atomic mass is 11.1. The van der Waals surface area contributed by atoms with Crippen molar-refractivity contribution in [1.82, 2.24) is 5.43 Å². The molecule has 0 atom stereocenters. The van der Waals surface area contributed by atoms with Gasteiger partial charge in [0.05, 0.1) is 0 Å². The van der Waals surface area contributed by atoms with Crippen LogP contribution in [0.3, 0.4) is 0 Å². The van der Waals surface area contributed by atoms with Crippen molar-refractivity contribution in [2.24, 2.45) is 4.36 Å². The van der Waals surface area contributed by atoms with Gasteiger partial charge in [-0.2, -0.15) is 8.42 Å². The summed E-state index contributed by atoms with van der Waals surface area (Å²) in [7, 11) is -2.95. The highest BCUT2D eigenvalue weighted by atomic mass is 32.2. The van der Waals surface area contributed by atoms with Crippen LogP contribution in [-0.2, 0) is 10.5 Å². The highest BCUT2D eigenvalue weighted by Gasteiger charge is 2.03. The SMILES string of the molecule is O=C(N=S(=O)=O)N[N+](=O)[O-]. The predicted octanol–water partition coefficient (Wildman–Crippen LogP) is -1.05. The van der Waals surface area contributed by atoms with Crippen molar-refractivity contribution < 1.29 is 18.2 Å². The number of carbonyl (C=O) groups excluding carboxylic acids is 1. The Balaban J connectivity index is 4.14. The van der Waals surface area contributed by atoms with E-state index in [1.54, 1.807) is 0 Å². The van der Waals surface area contributed by atoms with Crippen molar-refractivity contribution in [3.05, 3.63) is 10.1 Å². The summed E-state index contributed by atoms with van der Waals surface area (Å²) in [5.74, 6) is 0. The van der Waals surface area contributed by atoms with Crippen molar-refractivity contribution >= 4 is 16.5 Å². The molecule has 0 saturated heterocycles. The average Bonchev–Trinajstić information content (AvgIpc) is 1.58. The first-order valence-corrected chi connectivity index (χ1v) is 2.81. The Morgan fingerprint density at radius 1 is 1.60 bits per heavy atom. The van der Waals surface area contributed by atoms with Gasteiger partial charge >= 0.3 is 16.5 Å². The summed E-state index contributed by atoms with van der Waals surface area (Å²) in [6, 6.07) is -1.53. The zero-order valence-electron chi connectivity index (χ0n) is 4.34. The van der Waals surface area contributed by atoms with Crippen molar-refractivity contribution in [2.45, 2.75) is 0 Å². The summed E-state index contributed by atoms with van der Waals surface area (Å²) in [6.07, 6.45) is 0. The predicted molar refractivity (Wildman–Crippen MR) is 26.9 cm³/mol. The van der Waals surface area contributed by atoms with Gasteiger partial charge in [0, 0.05) is 0 Å². The van der Waals surface area contributed by atoms with Gasteiger partial charge in [0.2, 0.25) is 0 Å². The van der Waals surface area contributed by atoms with E-state index in [0.717, 1.165) is 5.43 Å². The van der Waals surface area contributed by atoms with Gasteiger partial charge in [-0.25, -0.2) is 14.9 Å². The molecule has 0 aromatic rings. The molecule has 0 aliphatic carbocycles. The minimum Gasteiger partial charge on any atom is -0.239 e. The summed E-state index contributed by atoms with van der Waals surface area (Å²) in [5.41, 5.74) is 0.998. The maximum atomic E-state index is 9.95. The summed E-state index contributed by atoms with van der Waals surface area (Å²) in [5, 5.41) is 8.19. The maximum absolute atomic E-state index is 9.95. The van der Waals surface area contributed by atoms with Crippen LogP contribution in [-0.4, -0.2) is 19.5 Å². The summed E-state index contributed by atoms with van der Waals surface area (Å²) < 4.78 is 21.3. The summed E-state index contributed by atoms with van der Waals surface area (Å²) >= 11 is 0. The molecule has 0 bridgehead atoms. The first-order valence-electron chi connectivity index (χ1n) is 1.78. The van der Waals surface area contributed by atoms with Crippen LogP contribution in [0.4, 0.5) is 4.79 Å². The van der Waals surface area contributed by atoms with Gasteiger partial charge in [-0.1, -0.05) is 4.36 Å². The van der Waals surface area contributed by atoms with Crippen molar-refractivity contribution in [2.75, 3.05) is 0 Å². The second-order valence-electron chi connectivity index (χ2n) is 0.982. The third kappa shape index (κ3) is 4.64. The van der Waals surface area contributed by atoms with Crippen LogP contribution in [0.15, 0.2) is 4.36 Å². The fourth-order valence-corrected chi connectivity index (χ4v) is 0.342. The van der Waals surface area contributed by atoms with Crippen LogP contribution in [0.25, 0.3) is 0 Å². The van der Waals surface area contributed by atoms with E-state index in [-0.39, 0.29) is 0 Å². The highest BCUT2D eigenvalue weighted by Crippen LogP contribution is 1.70. The zero-order valence-corrected chi connectivity index (χ0v) is 5.16. The van der Waals surface area contributed by atoms with Crippen LogP contribution in [0, 0.1) is 10.1 Å². The van der Waals surface area contributed by atoms with Gasteiger partial charge in [-0.15, -0.1) is 0 Å². The number of hydrazine groups is 1. The molecule has 56 valence electrons. The van der Waals surface area contributed by atoms with E-state index in [9.17, 15) is 23.3 Å². The molecule has 10 heavy (non-hydrogen) atoms. The number of nitro groups is 1. The molecule has 9 heteroatoms. The van der Waals surface area contributed by atoms with Crippen LogP contribution >= 0.6 is 0 Å². The molecule has 0 aliphatic heterocycles. The minimum atomic E-state index is -2.95. The molecule has 0 aromatic carbocycles. The first kappa shape index (κ1) is 8.49. The van der Waals surface area contributed by atoms with Gasteiger partial charge in [-0.3, -0.25) is 0 Å². The number of urea groups is 1. The van der Waals surface area contributed by atoms with Crippen LogP contribution in [0.5, 0.6) is 0 Å². The molecule has 1 N–H and O–H groups in total. The molecule has 0 rings (SSSR count). The van der Waals surface area contributed by atoms with Crippen molar-refractivity contribution in [3.63, 3.8) is 0 Å². The van der Waals surface area contributed by atoms with Crippen LogP contribution < -0.4 is 5.43 Å². The Kier molecular flexibility index (Phi) is 2.97. The van der Waals surface area contributed by atoms with E-state index < -0.39 is 21.6 Å². The number of carbonyl (C=O) groups is 1. The van der Waals surface area contributed by atoms with Crippen molar-refractivity contribution in [3.8, 4) is 0 Å². The van der Waals surface area contributed by atoms with Gasteiger partial charge in [0.1, 0.15) is 0 Å². The summed E-state index contributed by atoms with van der Waals surface area (Å²) in [4.78, 5) is 19.4. The molecule has 0 unspecified atom stereocenters. The van der Waals surface area contributed by atoms with E-state index in [1.165, 1.54) is 0 Å². The van der Waals surface area contributed by atoms with E-state index in [2.05, 4.69) is 4.36 Å². The number of hydrogen-bond donors (Lipinski definition) is 1. The molecular formula is CHN3O5S. The Morgan fingerprint density at radius 3 is 2.40 bits per heavy atom. The second kappa shape index (κ2) is 3.50. The monoisotopic (exact) mass is 167 g/mol. The Morgan fingerprint density at radius 2 is 2.10 bits per heavy atom. The van der Waals surface area contributed by atoms with Gasteiger partial charge < -0.3 is 0 Å². The number of nitrogens with one attached hydrogen (secondary N) is 1. The lowest BCUT2D eigenvalue weighted by molar-refractivity contribution is -0.527. The Bertz CT molecular complexity index is 267. The molecular weight excluding hydrogens is 166 g/mol. The van der Waals surface area contributed by atoms with Gasteiger partial charge in [-0.05, 0) is 5.43 Å². The molecule has 0 heterocycles. The van der Waals surface area contributed by atoms with E-state index in [0.29, 0.717) is 0 Å². The molecule has 0 saturated carbocycles. The molecule has 0 fully saturated rings. The Hall–Kier alpha value is -1.51. The smallest absolute Gasteiger partial charge is 0.239 e. The number of rotatable bonds is 1. The third-order valence-corrected chi connectivity index (χ3v) is 0.659. The highest BCUT2D eigenvalue weighted by molar-refractivity contribution is 7.62. The normalized spacial score (nSPS) is 8.00. The molecule has 0 aromatic heterocycles. The molecule has 0 aliphatic rings. The standard InChI is InChI=1S/CHN3O5S/c5-1(2-4(6)7)3-10(8)9/h(H,2,5).